The number of methoxy groups -OCH3 is 2. The fourth-order valence-electron chi connectivity index (χ4n) is 4.97. The summed E-state index contributed by atoms with van der Waals surface area (Å²) in [6, 6.07) is 22.5. The minimum atomic E-state index is 0.731. The third kappa shape index (κ3) is 5.68. The summed E-state index contributed by atoms with van der Waals surface area (Å²) < 4.78 is 23.2. The molecule has 5 heteroatoms. The maximum atomic E-state index is 6.37. The van der Waals surface area contributed by atoms with Crippen LogP contribution in [0.25, 0.3) is 22.3 Å². The Kier molecular flexibility index (Phi) is 7.77. The van der Waals surface area contributed by atoms with E-state index in [2.05, 4.69) is 35.2 Å². The van der Waals surface area contributed by atoms with Gasteiger partial charge in [0, 0.05) is 35.5 Å². The van der Waals surface area contributed by atoms with Crippen LogP contribution in [0.5, 0.6) is 17.2 Å². The number of benzene rings is 3. The van der Waals surface area contributed by atoms with Crippen molar-refractivity contribution in [3.63, 3.8) is 0 Å². The summed E-state index contributed by atoms with van der Waals surface area (Å²) in [6.07, 6.45) is 6.09. The van der Waals surface area contributed by atoms with Crippen LogP contribution in [-0.2, 0) is 6.42 Å². The monoisotopic (exact) mass is 485 g/mol. The normalized spacial score (nSPS) is 14.5. The standard InChI is InChI=1S/C31H35NO4/c1-33-25-13-9-24(10-14-25)31-29(28-16-15-27(34-2)22-30(28)36-31)21-23-7-11-26(12-8-23)35-20-19-32-17-5-3-4-6-18-32/h7-16,22H,3-6,17-21H2,1-2H3. The van der Waals surface area contributed by atoms with E-state index >= 15 is 0 Å². The summed E-state index contributed by atoms with van der Waals surface area (Å²) >= 11 is 0. The second-order valence-corrected chi connectivity index (χ2v) is 9.43. The van der Waals surface area contributed by atoms with Crippen LogP contribution in [0.4, 0.5) is 0 Å². The Hall–Kier alpha value is -3.44. The molecule has 0 aliphatic carbocycles. The molecule has 0 bridgehead atoms. The van der Waals surface area contributed by atoms with Gasteiger partial charge in [0.25, 0.3) is 0 Å². The van der Waals surface area contributed by atoms with Crippen LogP contribution >= 0.6 is 0 Å². The molecule has 1 aliphatic rings. The van der Waals surface area contributed by atoms with Crippen molar-refractivity contribution in [3.8, 4) is 28.6 Å². The number of ether oxygens (including phenoxy) is 3. The van der Waals surface area contributed by atoms with Crippen LogP contribution in [0, 0.1) is 0 Å². The third-order valence-corrected chi connectivity index (χ3v) is 7.03. The Bertz CT molecular complexity index is 1250. The smallest absolute Gasteiger partial charge is 0.138 e. The van der Waals surface area contributed by atoms with E-state index in [1.165, 1.54) is 44.3 Å². The quantitative estimate of drug-likeness (QED) is 0.256. The Morgan fingerprint density at radius 2 is 1.42 bits per heavy atom. The van der Waals surface area contributed by atoms with Gasteiger partial charge in [-0.1, -0.05) is 25.0 Å². The zero-order valence-corrected chi connectivity index (χ0v) is 21.3. The summed E-state index contributed by atoms with van der Waals surface area (Å²) in [5.41, 5.74) is 4.22. The van der Waals surface area contributed by atoms with E-state index in [-0.39, 0.29) is 0 Å². The van der Waals surface area contributed by atoms with Gasteiger partial charge < -0.3 is 18.6 Å². The predicted molar refractivity (Wildman–Crippen MR) is 144 cm³/mol. The highest BCUT2D eigenvalue weighted by Crippen LogP contribution is 2.37. The Morgan fingerprint density at radius 1 is 0.750 bits per heavy atom. The Morgan fingerprint density at radius 3 is 2.11 bits per heavy atom. The zero-order valence-electron chi connectivity index (χ0n) is 21.3. The van der Waals surface area contributed by atoms with E-state index in [1.54, 1.807) is 14.2 Å². The van der Waals surface area contributed by atoms with Crippen LogP contribution in [0.1, 0.15) is 36.8 Å². The van der Waals surface area contributed by atoms with E-state index in [0.29, 0.717) is 0 Å². The average Bonchev–Trinajstić information content (AvgIpc) is 3.08. The van der Waals surface area contributed by atoms with E-state index < -0.39 is 0 Å². The van der Waals surface area contributed by atoms with Crippen LogP contribution in [0.2, 0.25) is 0 Å². The fraction of sp³-hybridized carbons (Fsp3) is 0.355. The summed E-state index contributed by atoms with van der Waals surface area (Å²) in [5, 5.41) is 1.10. The van der Waals surface area contributed by atoms with Crippen molar-refractivity contribution in [2.45, 2.75) is 32.1 Å². The SMILES string of the molecule is COc1ccc(-c2oc3cc(OC)ccc3c2Cc2ccc(OCCN3CCCCCC3)cc2)cc1. The number of furan rings is 1. The van der Waals surface area contributed by atoms with Gasteiger partial charge in [0.15, 0.2) is 0 Å². The number of rotatable bonds is 9. The third-order valence-electron chi connectivity index (χ3n) is 7.03. The van der Waals surface area contributed by atoms with Crippen molar-refractivity contribution >= 4 is 11.0 Å². The molecule has 2 heterocycles. The molecule has 0 radical (unpaired) electrons. The van der Waals surface area contributed by atoms with Crippen molar-refractivity contribution in [1.82, 2.24) is 4.90 Å². The first-order chi connectivity index (χ1) is 17.7. The van der Waals surface area contributed by atoms with Gasteiger partial charge in [0.2, 0.25) is 0 Å². The zero-order chi connectivity index (χ0) is 24.7. The first-order valence-electron chi connectivity index (χ1n) is 12.9. The molecular weight excluding hydrogens is 450 g/mol. The van der Waals surface area contributed by atoms with Crippen LogP contribution in [0.15, 0.2) is 71.1 Å². The summed E-state index contributed by atoms with van der Waals surface area (Å²) in [5.74, 6) is 3.40. The van der Waals surface area contributed by atoms with Gasteiger partial charge in [-0.05, 0) is 80.0 Å². The van der Waals surface area contributed by atoms with Gasteiger partial charge in [-0.2, -0.15) is 0 Å². The first-order valence-corrected chi connectivity index (χ1v) is 12.9. The van der Waals surface area contributed by atoms with Gasteiger partial charge in [0.05, 0.1) is 14.2 Å². The molecule has 0 N–H and O–H groups in total. The van der Waals surface area contributed by atoms with Crippen LogP contribution in [-0.4, -0.2) is 45.4 Å². The molecule has 1 saturated heterocycles. The summed E-state index contributed by atoms with van der Waals surface area (Å²) in [4.78, 5) is 2.53. The van der Waals surface area contributed by atoms with Crippen molar-refractivity contribution < 1.29 is 18.6 Å². The number of hydrogen-bond donors (Lipinski definition) is 0. The maximum Gasteiger partial charge on any atom is 0.138 e. The van der Waals surface area contributed by atoms with Crippen molar-refractivity contribution in [3.05, 3.63) is 77.9 Å². The molecule has 4 aromatic rings. The van der Waals surface area contributed by atoms with E-state index in [1.807, 2.05) is 36.4 Å². The average molecular weight is 486 g/mol. The Labute approximate surface area is 213 Å². The highest BCUT2D eigenvalue weighted by molar-refractivity contribution is 5.89. The number of hydrogen-bond acceptors (Lipinski definition) is 5. The topological polar surface area (TPSA) is 44.1 Å². The van der Waals surface area contributed by atoms with E-state index in [4.69, 9.17) is 18.6 Å². The molecule has 1 aromatic heterocycles. The number of nitrogens with zero attached hydrogens (tertiary/aromatic N) is 1. The molecule has 0 spiro atoms. The van der Waals surface area contributed by atoms with E-state index in [0.717, 1.165) is 64.7 Å². The lowest BCUT2D eigenvalue weighted by Crippen LogP contribution is -2.29. The van der Waals surface area contributed by atoms with Gasteiger partial charge in [-0.25, -0.2) is 0 Å². The Balaban J connectivity index is 1.33. The molecule has 1 aliphatic heterocycles. The molecule has 188 valence electrons. The highest BCUT2D eigenvalue weighted by atomic mass is 16.5. The molecule has 5 rings (SSSR count). The number of fused-ring (bicyclic) bond motifs is 1. The van der Waals surface area contributed by atoms with Crippen molar-refractivity contribution in [1.29, 1.82) is 0 Å². The molecule has 36 heavy (non-hydrogen) atoms. The highest BCUT2D eigenvalue weighted by Gasteiger charge is 2.17. The first kappa shape index (κ1) is 24.3. The van der Waals surface area contributed by atoms with Gasteiger partial charge in [-0.15, -0.1) is 0 Å². The number of likely N-dealkylation sites (tertiary alicyclic amines) is 1. The molecule has 0 saturated carbocycles. The van der Waals surface area contributed by atoms with Gasteiger partial charge >= 0.3 is 0 Å². The molecular formula is C31H35NO4. The largest absolute Gasteiger partial charge is 0.497 e. The van der Waals surface area contributed by atoms with Crippen molar-refractivity contribution in [2.24, 2.45) is 0 Å². The molecule has 3 aromatic carbocycles. The lowest BCUT2D eigenvalue weighted by atomic mass is 9.98. The predicted octanol–water partition coefficient (Wildman–Crippen LogP) is 6.96. The molecule has 0 atom stereocenters. The van der Waals surface area contributed by atoms with Crippen LogP contribution < -0.4 is 14.2 Å². The molecule has 0 unspecified atom stereocenters. The van der Waals surface area contributed by atoms with Crippen LogP contribution in [0.3, 0.4) is 0 Å². The lowest BCUT2D eigenvalue weighted by molar-refractivity contribution is 0.214. The maximum absolute atomic E-state index is 6.37. The minimum Gasteiger partial charge on any atom is -0.497 e. The molecule has 1 fully saturated rings. The van der Waals surface area contributed by atoms with Gasteiger partial charge in [0.1, 0.15) is 35.2 Å². The van der Waals surface area contributed by atoms with Crippen molar-refractivity contribution in [2.75, 3.05) is 40.5 Å². The lowest BCUT2D eigenvalue weighted by Gasteiger charge is -2.19. The molecule has 5 nitrogen and oxygen atoms in total. The minimum absolute atomic E-state index is 0.731. The summed E-state index contributed by atoms with van der Waals surface area (Å²) in [6.45, 7) is 4.12. The molecule has 0 amide bonds. The van der Waals surface area contributed by atoms with E-state index in [9.17, 15) is 0 Å². The fourth-order valence-corrected chi connectivity index (χ4v) is 4.97. The second-order valence-electron chi connectivity index (χ2n) is 9.43. The van der Waals surface area contributed by atoms with Gasteiger partial charge in [-0.3, -0.25) is 4.90 Å². The summed E-state index contributed by atoms with van der Waals surface area (Å²) in [7, 11) is 3.35. The second kappa shape index (κ2) is 11.5.